The number of hydrogen-bond acceptors (Lipinski definition) is 2. The van der Waals surface area contributed by atoms with Crippen molar-refractivity contribution in [2.45, 2.75) is 0 Å². The van der Waals surface area contributed by atoms with E-state index in [2.05, 4.69) is 267 Å². The minimum Gasteiger partial charge on any atom is -0.311 e. The van der Waals surface area contributed by atoms with Gasteiger partial charge in [-0.3, -0.25) is 0 Å². The maximum Gasteiger partial charge on any atom is 0.0462 e. The second kappa shape index (κ2) is 20.9. The maximum atomic E-state index is 4.54. The van der Waals surface area contributed by atoms with E-state index in [0.29, 0.717) is 0 Å². The SMILES string of the molecule is C=C/C=C\C(=C)C(=C)/C=C\C(=C)N(c1ccc(-c2ccccc2)cc1)c1ccc(-c2ccccc2-c2ccc(N(c3ccc(-c4ccccc4)cc3)c3ccc(-c4ccccc4)cc3)cc2)cc1. The highest BCUT2D eigenvalue weighted by atomic mass is 15.1. The first kappa shape index (κ1) is 44.2. The fourth-order valence-corrected chi connectivity index (χ4v) is 8.46. The molecule has 9 aromatic carbocycles. The van der Waals surface area contributed by atoms with Crippen LogP contribution in [0.4, 0.5) is 28.4 Å². The van der Waals surface area contributed by atoms with E-state index in [0.717, 1.165) is 73.1 Å². The summed E-state index contributed by atoms with van der Waals surface area (Å²) in [7, 11) is 0. The molecule has 0 N–H and O–H groups in total. The molecule has 0 aromatic heterocycles. The lowest BCUT2D eigenvalue weighted by Crippen LogP contribution is -2.14. The minimum atomic E-state index is 0.792. The molecule has 0 aliphatic carbocycles. The first-order chi connectivity index (χ1) is 33.4. The van der Waals surface area contributed by atoms with Gasteiger partial charge < -0.3 is 9.80 Å². The molecular weight excluding hydrogens is 821 g/mol. The molecule has 68 heavy (non-hydrogen) atoms. The van der Waals surface area contributed by atoms with Crippen LogP contribution < -0.4 is 9.80 Å². The number of benzene rings is 9. The predicted molar refractivity (Wildman–Crippen MR) is 293 cm³/mol. The first-order valence-corrected chi connectivity index (χ1v) is 22.8. The van der Waals surface area contributed by atoms with Crippen molar-refractivity contribution in [2.24, 2.45) is 0 Å². The summed E-state index contributed by atoms with van der Waals surface area (Å²) in [6, 6.07) is 84.1. The third-order valence-corrected chi connectivity index (χ3v) is 12.1. The van der Waals surface area contributed by atoms with Crippen LogP contribution >= 0.6 is 0 Å². The molecule has 0 saturated carbocycles. The monoisotopic (exact) mass is 872 g/mol. The third-order valence-electron chi connectivity index (χ3n) is 12.1. The fourth-order valence-electron chi connectivity index (χ4n) is 8.46. The molecule has 0 saturated heterocycles. The van der Waals surface area contributed by atoms with Crippen LogP contribution in [0.1, 0.15) is 0 Å². The van der Waals surface area contributed by atoms with Gasteiger partial charge in [-0.25, -0.2) is 0 Å². The van der Waals surface area contributed by atoms with Crippen molar-refractivity contribution in [1.29, 1.82) is 0 Å². The summed E-state index contributed by atoms with van der Waals surface area (Å²) in [5.41, 5.74) is 19.3. The number of hydrogen-bond donors (Lipinski definition) is 0. The molecule has 2 nitrogen and oxygen atoms in total. The second-order valence-corrected chi connectivity index (χ2v) is 16.5. The zero-order valence-electron chi connectivity index (χ0n) is 38.1. The molecule has 0 aliphatic heterocycles. The molecule has 326 valence electrons. The van der Waals surface area contributed by atoms with Gasteiger partial charge in [-0.2, -0.15) is 0 Å². The first-order valence-electron chi connectivity index (χ1n) is 22.8. The molecule has 2 heteroatoms. The Balaban J connectivity index is 1.02. The molecular formula is C66H52N2. The van der Waals surface area contributed by atoms with Gasteiger partial charge in [0.25, 0.3) is 0 Å². The zero-order chi connectivity index (χ0) is 46.7. The summed E-state index contributed by atoms with van der Waals surface area (Å²) >= 11 is 0. The molecule has 0 bridgehead atoms. The normalized spacial score (nSPS) is 11.1. The van der Waals surface area contributed by atoms with Gasteiger partial charge >= 0.3 is 0 Å². The molecule has 0 amide bonds. The Morgan fingerprint density at radius 3 is 0.941 bits per heavy atom. The Morgan fingerprint density at radius 2 is 0.588 bits per heavy atom. The van der Waals surface area contributed by atoms with E-state index in [1.165, 1.54) is 27.8 Å². The molecule has 9 aromatic rings. The average Bonchev–Trinajstić information content (AvgIpc) is 3.41. The standard InChI is InChI=1S/C66H52N2/c1-5-6-18-49(2)50(3)27-28-51(4)67(60-39-29-55(30-40-60)52-19-10-7-11-20-52)61-45-35-58(36-46-61)65-25-16-17-26-66(65)59-37-47-64(48-38-59)68(62-41-31-56(32-42-62)53-21-12-8-13-22-53)63-43-33-57(34-44-63)54-23-14-9-15-24-54/h5-48H,1-4H2/b18-6-,28-27-. The Kier molecular flexibility index (Phi) is 13.6. The Hall–Kier alpha value is -8.98. The lowest BCUT2D eigenvalue weighted by atomic mass is 9.94. The van der Waals surface area contributed by atoms with Crippen molar-refractivity contribution < 1.29 is 0 Å². The summed E-state index contributed by atoms with van der Waals surface area (Å²) < 4.78 is 0. The van der Waals surface area contributed by atoms with Crippen LogP contribution in [0.5, 0.6) is 0 Å². The van der Waals surface area contributed by atoms with Gasteiger partial charge in [0.1, 0.15) is 0 Å². The van der Waals surface area contributed by atoms with Gasteiger partial charge in [0.2, 0.25) is 0 Å². The highest BCUT2D eigenvalue weighted by molar-refractivity contribution is 5.87. The van der Waals surface area contributed by atoms with E-state index in [9.17, 15) is 0 Å². The second-order valence-electron chi connectivity index (χ2n) is 16.5. The Morgan fingerprint density at radius 1 is 0.294 bits per heavy atom. The summed E-state index contributed by atoms with van der Waals surface area (Å²) in [5, 5.41) is 0. The maximum absolute atomic E-state index is 4.54. The zero-order valence-corrected chi connectivity index (χ0v) is 38.1. The molecule has 0 atom stereocenters. The molecule has 0 fully saturated rings. The van der Waals surface area contributed by atoms with E-state index < -0.39 is 0 Å². The predicted octanol–water partition coefficient (Wildman–Crippen LogP) is 18.6. The number of allylic oxidation sites excluding steroid dienone is 7. The van der Waals surface area contributed by atoms with Crippen molar-refractivity contribution in [3.8, 4) is 55.6 Å². The largest absolute Gasteiger partial charge is 0.311 e. The molecule has 0 unspecified atom stereocenters. The van der Waals surface area contributed by atoms with Gasteiger partial charge in [-0.15, -0.1) is 0 Å². The summed E-state index contributed by atoms with van der Waals surface area (Å²) in [6.45, 7) is 16.7. The number of nitrogens with zero attached hydrogens (tertiary/aromatic N) is 2. The average molecular weight is 873 g/mol. The Bertz CT molecular complexity index is 3130. The topological polar surface area (TPSA) is 6.48 Å². The van der Waals surface area contributed by atoms with Crippen molar-refractivity contribution in [3.63, 3.8) is 0 Å². The van der Waals surface area contributed by atoms with Crippen LogP contribution in [0.25, 0.3) is 55.6 Å². The highest BCUT2D eigenvalue weighted by Gasteiger charge is 2.17. The van der Waals surface area contributed by atoms with E-state index in [-0.39, 0.29) is 0 Å². The molecule has 0 aliphatic rings. The van der Waals surface area contributed by atoms with Crippen LogP contribution in [0.3, 0.4) is 0 Å². The van der Waals surface area contributed by atoms with E-state index in [1.807, 2.05) is 30.4 Å². The van der Waals surface area contributed by atoms with Gasteiger partial charge in [0, 0.05) is 34.1 Å². The molecule has 0 heterocycles. The van der Waals surface area contributed by atoms with Crippen molar-refractivity contribution in [1.82, 2.24) is 0 Å². The fraction of sp³-hybridized carbons (Fsp3) is 0. The molecule has 0 radical (unpaired) electrons. The Labute approximate surface area is 402 Å². The van der Waals surface area contributed by atoms with Crippen LogP contribution in [0, 0.1) is 0 Å². The third kappa shape index (κ3) is 10.1. The number of rotatable bonds is 16. The molecule has 9 rings (SSSR count). The lowest BCUT2D eigenvalue weighted by molar-refractivity contribution is 1.22. The van der Waals surface area contributed by atoms with Gasteiger partial charge in [-0.1, -0.05) is 227 Å². The van der Waals surface area contributed by atoms with Crippen LogP contribution in [-0.2, 0) is 0 Å². The van der Waals surface area contributed by atoms with Crippen LogP contribution in [0.15, 0.2) is 310 Å². The van der Waals surface area contributed by atoms with Gasteiger partial charge in [0.15, 0.2) is 0 Å². The minimum absolute atomic E-state index is 0.792. The van der Waals surface area contributed by atoms with Crippen LogP contribution in [-0.4, -0.2) is 0 Å². The lowest BCUT2D eigenvalue weighted by Gasteiger charge is -2.26. The van der Waals surface area contributed by atoms with E-state index in [4.69, 9.17) is 0 Å². The van der Waals surface area contributed by atoms with Gasteiger partial charge in [0.05, 0.1) is 0 Å². The highest BCUT2D eigenvalue weighted by Crippen LogP contribution is 2.40. The quantitative estimate of drug-likeness (QED) is 0.0893. The summed E-state index contributed by atoms with van der Waals surface area (Å²) in [4.78, 5) is 4.50. The van der Waals surface area contributed by atoms with E-state index in [1.54, 1.807) is 6.08 Å². The van der Waals surface area contributed by atoms with Crippen molar-refractivity contribution in [3.05, 3.63) is 310 Å². The smallest absolute Gasteiger partial charge is 0.0462 e. The summed E-state index contributed by atoms with van der Waals surface area (Å²) in [5.74, 6) is 0. The van der Waals surface area contributed by atoms with Crippen molar-refractivity contribution >= 4 is 28.4 Å². The van der Waals surface area contributed by atoms with Crippen LogP contribution in [0.2, 0.25) is 0 Å². The molecule has 0 spiro atoms. The van der Waals surface area contributed by atoms with Crippen molar-refractivity contribution in [2.75, 3.05) is 9.80 Å². The summed E-state index contributed by atoms with van der Waals surface area (Å²) in [6.07, 6.45) is 9.45. The van der Waals surface area contributed by atoms with E-state index >= 15 is 0 Å². The number of anilines is 5. The van der Waals surface area contributed by atoms with Gasteiger partial charge in [-0.05, 0) is 134 Å².